The molecule has 1 aliphatic rings. The topological polar surface area (TPSA) is 72.9 Å². The smallest absolute Gasteiger partial charge is 0.341 e. The predicted octanol–water partition coefficient (Wildman–Crippen LogP) is 4.29. The van der Waals surface area contributed by atoms with Gasteiger partial charge in [-0.05, 0) is 50.8 Å². The average molecular weight is 440 g/mol. The number of Topliss-reactive ketones (excluding diaryl/α,β-unsaturated/α-hetero) is 1. The summed E-state index contributed by atoms with van der Waals surface area (Å²) < 4.78 is 10.9. The summed E-state index contributed by atoms with van der Waals surface area (Å²) in [5.74, 6) is -1.05. The Bertz CT molecular complexity index is 1040. The third kappa shape index (κ3) is 4.61. The maximum absolute atomic E-state index is 13.5. The third-order valence-corrected chi connectivity index (χ3v) is 5.90. The molecule has 0 bridgehead atoms. The Morgan fingerprint density at radius 1 is 1.19 bits per heavy atom. The third-order valence-electron chi connectivity index (χ3n) is 5.08. The Kier molecular flexibility index (Phi) is 6.75. The molecule has 6 nitrogen and oxygen atoms in total. The highest BCUT2D eigenvalue weighted by atomic mass is 32.1. The van der Waals surface area contributed by atoms with Gasteiger partial charge in [-0.15, -0.1) is 11.3 Å². The molecular weight excluding hydrogens is 414 g/mol. The van der Waals surface area contributed by atoms with Crippen molar-refractivity contribution in [3.05, 3.63) is 69.6 Å². The van der Waals surface area contributed by atoms with Crippen molar-refractivity contribution in [1.29, 1.82) is 0 Å². The molecule has 0 aliphatic carbocycles. The fraction of sp³-hybridized carbons (Fsp3) is 0.292. The number of benzene rings is 1. The molecule has 0 saturated carbocycles. The van der Waals surface area contributed by atoms with Gasteiger partial charge in [0.25, 0.3) is 5.91 Å². The summed E-state index contributed by atoms with van der Waals surface area (Å²) in [6.07, 6.45) is 1.52. The van der Waals surface area contributed by atoms with Gasteiger partial charge < -0.3 is 9.47 Å². The van der Waals surface area contributed by atoms with E-state index in [2.05, 4.69) is 0 Å². The summed E-state index contributed by atoms with van der Waals surface area (Å²) in [6, 6.07) is 12.8. The van der Waals surface area contributed by atoms with Crippen LogP contribution in [-0.4, -0.2) is 41.4 Å². The fourth-order valence-corrected chi connectivity index (χ4v) is 3.98. The lowest BCUT2D eigenvalue weighted by molar-refractivity contribution is -0.149. The SMILES string of the molecule is CCOC(=O)/C(=C/c1cccs1)C(=O)C(C)(C)N1COC(C)=C(c2ccccc2)C1=O. The number of amides is 1. The van der Waals surface area contributed by atoms with Gasteiger partial charge in [0, 0.05) is 4.88 Å². The second kappa shape index (κ2) is 9.31. The normalized spacial score (nSPS) is 15.0. The summed E-state index contributed by atoms with van der Waals surface area (Å²) in [4.78, 5) is 41.7. The summed E-state index contributed by atoms with van der Waals surface area (Å²) in [5.41, 5.74) is -0.340. The van der Waals surface area contributed by atoms with Crippen molar-refractivity contribution in [2.75, 3.05) is 13.3 Å². The molecule has 0 spiro atoms. The lowest BCUT2D eigenvalue weighted by atomic mass is 9.89. The minimum atomic E-state index is -1.34. The number of carbonyl (C=O) groups excluding carboxylic acids is 3. The highest BCUT2D eigenvalue weighted by Gasteiger charge is 2.44. The van der Waals surface area contributed by atoms with Crippen molar-refractivity contribution in [3.8, 4) is 0 Å². The van der Waals surface area contributed by atoms with E-state index in [-0.39, 0.29) is 24.8 Å². The van der Waals surface area contributed by atoms with E-state index in [0.29, 0.717) is 16.9 Å². The van der Waals surface area contributed by atoms with Crippen LogP contribution in [0.4, 0.5) is 0 Å². The number of rotatable bonds is 7. The summed E-state index contributed by atoms with van der Waals surface area (Å²) >= 11 is 1.40. The van der Waals surface area contributed by atoms with Crippen LogP contribution in [0.1, 0.15) is 38.1 Å². The van der Waals surface area contributed by atoms with Gasteiger partial charge in [-0.3, -0.25) is 14.5 Å². The van der Waals surface area contributed by atoms with Crippen molar-refractivity contribution >= 4 is 40.6 Å². The van der Waals surface area contributed by atoms with E-state index >= 15 is 0 Å². The molecule has 1 amide bonds. The molecular formula is C24H25NO5S. The number of ketones is 1. The van der Waals surface area contributed by atoms with Crippen LogP contribution in [0.3, 0.4) is 0 Å². The first kappa shape index (κ1) is 22.5. The van der Waals surface area contributed by atoms with Crippen LogP contribution in [0.15, 0.2) is 59.2 Å². The number of hydrogen-bond acceptors (Lipinski definition) is 6. The van der Waals surface area contributed by atoms with Crippen molar-refractivity contribution in [1.82, 2.24) is 4.90 Å². The Morgan fingerprint density at radius 3 is 2.52 bits per heavy atom. The molecule has 31 heavy (non-hydrogen) atoms. The average Bonchev–Trinajstić information content (AvgIpc) is 3.25. The number of esters is 1. The molecule has 1 aromatic carbocycles. The van der Waals surface area contributed by atoms with Crippen molar-refractivity contribution in [2.45, 2.75) is 33.2 Å². The molecule has 1 aliphatic heterocycles. The lowest BCUT2D eigenvalue weighted by Gasteiger charge is -2.40. The molecule has 0 N–H and O–H groups in total. The molecule has 0 radical (unpaired) electrons. The quantitative estimate of drug-likeness (QED) is 0.279. The van der Waals surface area contributed by atoms with Gasteiger partial charge >= 0.3 is 5.97 Å². The molecule has 162 valence electrons. The molecule has 0 atom stereocenters. The number of allylic oxidation sites excluding steroid dienone is 1. The van der Waals surface area contributed by atoms with Gasteiger partial charge in [-0.2, -0.15) is 0 Å². The van der Waals surface area contributed by atoms with Crippen LogP contribution < -0.4 is 0 Å². The lowest BCUT2D eigenvalue weighted by Crippen LogP contribution is -2.56. The summed E-state index contributed by atoms with van der Waals surface area (Å²) in [6.45, 7) is 6.68. The van der Waals surface area contributed by atoms with Gasteiger partial charge in [0.1, 0.15) is 16.9 Å². The van der Waals surface area contributed by atoms with E-state index < -0.39 is 17.3 Å². The number of hydrogen-bond donors (Lipinski definition) is 0. The van der Waals surface area contributed by atoms with Crippen LogP contribution in [0.25, 0.3) is 11.6 Å². The molecule has 1 aromatic heterocycles. The van der Waals surface area contributed by atoms with Crippen molar-refractivity contribution < 1.29 is 23.9 Å². The highest BCUT2D eigenvalue weighted by molar-refractivity contribution is 7.10. The van der Waals surface area contributed by atoms with Crippen LogP contribution in [0.5, 0.6) is 0 Å². The highest BCUT2D eigenvalue weighted by Crippen LogP contribution is 2.32. The van der Waals surface area contributed by atoms with Crippen molar-refractivity contribution in [3.63, 3.8) is 0 Å². The minimum Gasteiger partial charge on any atom is -0.477 e. The molecule has 2 heterocycles. The molecule has 7 heteroatoms. The fourth-order valence-electron chi connectivity index (χ4n) is 3.32. The standard InChI is InChI=1S/C24H25NO5S/c1-5-29-23(28)19(14-18-12-9-13-31-18)21(26)24(3,4)25-15-30-16(2)20(22(25)27)17-10-7-6-8-11-17/h6-14H,5,15H2,1-4H3/b19-14+. The molecule has 0 fully saturated rings. The first-order chi connectivity index (χ1) is 14.8. The molecule has 0 saturated heterocycles. The predicted molar refractivity (Wildman–Crippen MR) is 120 cm³/mol. The zero-order valence-corrected chi connectivity index (χ0v) is 18.8. The second-order valence-electron chi connectivity index (χ2n) is 7.49. The van der Waals surface area contributed by atoms with Crippen LogP contribution in [0.2, 0.25) is 0 Å². The summed E-state index contributed by atoms with van der Waals surface area (Å²) in [7, 11) is 0. The molecule has 0 unspecified atom stereocenters. The zero-order chi connectivity index (χ0) is 22.6. The van der Waals surface area contributed by atoms with Gasteiger partial charge in [0.2, 0.25) is 0 Å². The molecule has 3 rings (SSSR count). The first-order valence-electron chi connectivity index (χ1n) is 9.95. The summed E-state index contributed by atoms with van der Waals surface area (Å²) in [5, 5.41) is 1.85. The van der Waals surface area contributed by atoms with Gasteiger partial charge in [0.05, 0.1) is 12.2 Å². The van der Waals surface area contributed by atoms with Crippen LogP contribution in [-0.2, 0) is 23.9 Å². The second-order valence-corrected chi connectivity index (χ2v) is 8.47. The number of nitrogens with zero attached hydrogens (tertiary/aromatic N) is 1. The van der Waals surface area contributed by atoms with E-state index in [1.54, 1.807) is 33.8 Å². The van der Waals surface area contributed by atoms with E-state index in [4.69, 9.17) is 9.47 Å². The zero-order valence-electron chi connectivity index (χ0n) is 18.0. The van der Waals surface area contributed by atoms with Gasteiger partial charge in [-0.25, -0.2) is 4.79 Å². The van der Waals surface area contributed by atoms with E-state index in [1.165, 1.54) is 22.3 Å². The Morgan fingerprint density at radius 2 is 1.90 bits per heavy atom. The van der Waals surface area contributed by atoms with Crippen LogP contribution in [0, 0.1) is 0 Å². The van der Waals surface area contributed by atoms with Gasteiger partial charge in [-0.1, -0.05) is 36.4 Å². The number of ether oxygens (including phenoxy) is 2. The van der Waals surface area contributed by atoms with E-state index in [0.717, 1.165) is 4.88 Å². The first-order valence-corrected chi connectivity index (χ1v) is 10.8. The van der Waals surface area contributed by atoms with Crippen molar-refractivity contribution in [2.24, 2.45) is 0 Å². The van der Waals surface area contributed by atoms with Gasteiger partial charge in [0.15, 0.2) is 12.5 Å². The maximum Gasteiger partial charge on any atom is 0.341 e. The minimum absolute atomic E-state index is 0.0884. The van der Waals surface area contributed by atoms with E-state index in [1.807, 2.05) is 41.8 Å². The van der Waals surface area contributed by atoms with E-state index in [9.17, 15) is 14.4 Å². The Labute approximate surface area is 185 Å². The largest absolute Gasteiger partial charge is 0.477 e. The number of thiophene rings is 1. The molecule has 2 aromatic rings. The Hall–Kier alpha value is -3.19. The monoisotopic (exact) mass is 439 g/mol. The van der Waals surface area contributed by atoms with Crippen LogP contribution >= 0.6 is 11.3 Å². The maximum atomic E-state index is 13.5. The number of carbonyl (C=O) groups is 3. The Balaban J connectivity index is 1.98.